The molecule has 1 aliphatic rings. The lowest BCUT2D eigenvalue weighted by atomic mass is 10.2. The Kier molecular flexibility index (Phi) is 4.70. The van der Waals surface area contributed by atoms with Gasteiger partial charge >= 0.3 is 0 Å². The number of nitrogens with one attached hydrogen (secondary N) is 2. The number of anilines is 1. The average Bonchev–Trinajstić information content (AvgIpc) is 3.22. The van der Waals surface area contributed by atoms with Gasteiger partial charge in [0, 0.05) is 38.4 Å². The zero-order chi connectivity index (χ0) is 18.3. The summed E-state index contributed by atoms with van der Waals surface area (Å²) in [7, 11) is 1.75. The van der Waals surface area contributed by atoms with Crippen LogP contribution in [0.2, 0.25) is 5.15 Å². The lowest BCUT2D eigenvalue weighted by Gasteiger charge is -2.26. The number of rotatable bonds is 4. The number of halogens is 1. The Morgan fingerprint density at radius 1 is 1.46 bits per heavy atom. The van der Waals surface area contributed by atoms with E-state index >= 15 is 0 Å². The molecule has 4 heterocycles. The van der Waals surface area contributed by atoms with Crippen LogP contribution in [0, 0.1) is 6.92 Å². The van der Waals surface area contributed by atoms with E-state index in [1.807, 2.05) is 6.92 Å². The molecule has 138 valence electrons. The predicted molar refractivity (Wildman–Crippen MR) is 101 cm³/mol. The Balaban J connectivity index is 1.66. The summed E-state index contributed by atoms with van der Waals surface area (Å²) < 4.78 is 8.01. The summed E-state index contributed by atoms with van der Waals surface area (Å²) in [5, 5.41) is 8.11. The molecule has 0 unspecified atom stereocenters. The van der Waals surface area contributed by atoms with Crippen molar-refractivity contribution in [3.8, 4) is 0 Å². The van der Waals surface area contributed by atoms with Gasteiger partial charge in [0.05, 0.1) is 28.6 Å². The van der Waals surface area contributed by atoms with Crippen molar-refractivity contribution in [2.75, 3.05) is 31.6 Å². The first-order valence-corrected chi connectivity index (χ1v) is 9.49. The number of thiazole rings is 1. The molecular weight excluding hydrogens is 376 g/mol. The van der Waals surface area contributed by atoms with Crippen LogP contribution in [0.5, 0.6) is 0 Å². The van der Waals surface area contributed by atoms with Gasteiger partial charge in [0.15, 0.2) is 5.15 Å². The van der Waals surface area contributed by atoms with Gasteiger partial charge in [-0.1, -0.05) is 11.6 Å². The van der Waals surface area contributed by atoms with Crippen molar-refractivity contribution >= 4 is 44.9 Å². The van der Waals surface area contributed by atoms with Crippen molar-refractivity contribution < 1.29 is 9.53 Å². The SMILES string of the molecule is Cc1nc2[nH]c(C(=O)Nc3cn(C)nc3Cl)c(CN3CCOCC3)c2s1. The third kappa shape index (κ3) is 3.35. The van der Waals surface area contributed by atoms with Crippen molar-refractivity contribution in [3.05, 3.63) is 27.6 Å². The molecule has 8 nitrogen and oxygen atoms in total. The van der Waals surface area contributed by atoms with Crippen molar-refractivity contribution in [2.45, 2.75) is 13.5 Å². The van der Waals surface area contributed by atoms with Gasteiger partial charge in [-0.3, -0.25) is 14.4 Å². The van der Waals surface area contributed by atoms with Crippen LogP contribution in [0.15, 0.2) is 6.20 Å². The second kappa shape index (κ2) is 6.99. The second-order valence-electron chi connectivity index (χ2n) is 6.24. The molecule has 0 aromatic carbocycles. The highest BCUT2D eigenvalue weighted by Gasteiger charge is 2.24. The van der Waals surface area contributed by atoms with Gasteiger partial charge in [-0.15, -0.1) is 11.3 Å². The number of ether oxygens (including phenoxy) is 1. The Morgan fingerprint density at radius 3 is 2.92 bits per heavy atom. The van der Waals surface area contributed by atoms with Crippen LogP contribution in [0.3, 0.4) is 0 Å². The molecule has 1 amide bonds. The first-order valence-electron chi connectivity index (χ1n) is 8.30. The monoisotopic (exact) mass is 394 g/mol. The maximum absolute atomic E-state index is 12.9. The summed E-state index contributed by atoms with van der Waals surface area (Å²) in [6, 6.07) is 0. The van der Waals surface area contributed by atoms with E-state index in [-0.39, 0.29) is 11.1 Å². The Labute approximate surface area is 159 Å². The van der Waals surface area contributed by atoms with Gasteiger partial charge in [0.2, 0.25) is 0 Å². The number of nitrogens with zero attached hydrogens (tertiary/aromatic N) is 4. The molecule has 4 rings (SSSR count). The van der Waals surface area contributed by atoms with E-state index in [4.69, 9.17) is 16.3 Å². The lowest BCUT2D eigenvalue weighted by Crippen LogP contribution is -2.36. The fourth-order valence-electron chi connectivity index (χ4n) is 3.08. The third-order valence-electron chi connectivity index (χ3n) is 4.30. The smallest absolute Gasteiger partial charge is 0.272 e. The van der Waals surface area contributed by atoms with Gasteiger partial charge in [-0.05, 0) is 6.92 Å². The van der Waals surface area contributed by atoms with Crippen molar-refractivity contribution in [2.24, 2.45) is 7.05 Å². The Hall–Kier alpha value is -1.94. The maximum atomic E-state index is 12.9. The van der Waals surface area contributed by atoms with Crippen molar-refractivity contribution in [1.82, 2.24) is 24.6 Å². The standard InChI is InChI=1S/C16H19ClN6O2S/c1-9-18-15-13(26-9)10(7-23-3-5-25-6-4-23)12(20-15)16(24)19-11-8-22(2)21-14(11)17/h8,20H,3-7H2,1-2H3,(H,19,24). The van der Waals surface area contributed by atoms with Crippen molar-refractivity contribution in [1.29, 1.82) is 0 Å². The molecule has 3 aromatic rings. The van der Waals surface area contributed by atoms with Gasteiger partial charge in [0.25, 0.3) is 5.91 Å². The fraction of sp³-hybridized carbons (Fsp3) is 0.438. The van der Waals surface area contributed by atoms with Crippen LogP contribution in [0.1, 0.15) is 21.1 Å². The fourth-order valence-corrected chi connectivity index (χ4v) is 4.21. The number of morpholine rings is 1. The number of aromatic nitrogens is 4. The molecule has 3 aromatic heterocycles. The minimum atomic E-state index is -0.244. The number of aromatic amines is 1. The number of carbonyl (C=O) groups is 1. The van der Waals surface area contributed by atoms with E-state index in [1.54, 1.807) is 29.3 Å². The molecule has 26 heavy (non-hydrogen) atoms. The molecule has 0 bridgehead atoms. The molecule has 0 atom stereocenters. The number of hydrogen-bond donors (Lipinski definition) is 2. The van der Waals surface area contributed by atoms with Gasteiger partial charge in [-0.2, -0.15) is 5.10 Å². The summed E-state index contributed by atoms with van der Waals surface area (Å²) >= 11 is 7.66. The third-order valence-corrected chi connectivity index (χ3v) is 5.61. The molecule has 0 spiro atoms. The minimum Gasteiger partial charge on any atom is -0.379 e. The largest absolute Gasteiger partial charge is 0.379 e. The average molecular weight is 395 g/mol. The summed E-state index contributed by atoms with van der Waals surface area (Å²) in [5.41, 5.74) is 2.71. The molecular formula is C16H19ClN6O2S. The van der Waals surface area contributed by atoms with Crippen LogP contribution < -0.4 is 5.32 Å². The van der Waals surface area contributed by atoms with Gasteiger partial charge in [-0.25, -0.2) is 4.98 Å². The van der Waals surface area contributed by atoms with Crippen LogP contribution >= 0.6 is 22.9 Å². The number of carbonyl (C=O) groups excluding carboxylic acids is 1. The Bertz CT molecular complexity index is 956. The maximum Gasteiger partial charge on any atom is 0.272 e. The number of amides is 1. The molecule has 1 fully saturated rings. The predicted octanol–water partition coefficient (Wildman–Crippen LogP) is 2.40. The second-order valence-corrected chi connectivity index (χ2v) is 7.80. The highest BCUT2D eigenvalue weighted by Crippen LogP contribution is 2.30. The zero-order valence-electron chi connectivity index (χ0n) is 14.5. The molecule has 1 saturated heterocycles. The van der Waals surface area contributed by atoms with Gasteiger partial charge in [0.1, 0.15) is 11.3 Å². The molecule has 2 N–H and O–H groups in total. The van der Waals surface area contributed by atoms with E-state index in [9.17, 15) is 4.79 Å². The summed E-state index contributed by atoms with van der Waals surface area (Å²) in [6.07, 6.45) is 1.68. The van der Waals surface area contributed by atoms with E-state index in [2.05, 4.69) is 25.3 Å². The summed E-state index contributed by atoms with van der Waals surface area (Å²) in [5.74, 6) is -0.244. The van der Waals surface area contributed by atoms with Crippen LogP contribution in [0.4, 0.5) is 5.69 Å². The molecule has 10 heteroatoms. The topological polar surface area (TPSA) is 88.1 Å². The number of H-pyrrole nitrogens is 1. The van der Waals surface area contributed by atoms with Crippen LogP contribution in [0.25, 0.3) is 10.3 Å². The summed E-state index contributed by atoms with van der Waals surface area (Å²) in [6.45, 7) is 5.75. The normalized spacial score (nSPS) is 15.7. The lowest BCUT2D eigenvalue weighted by molar-refractivity contribution is 0.0343. The Morgan fingerprint density at radius 2 is 2.23 bits per heavy atom. The number of fused-ring (bicyclic) bond motifs is 1. The quantitative estimate of drug-likeness (QED) is 0.709. The van der Waals surface area contributed by atoms with Crippen LogP contribution in [-0.2, 0) is 18.3 Å². The minimum absolute atomic E-state index is 0.244. The summed E-state index contributed by atoms with van der Waals surface area (Å²) in [4.78, 5) is 22.8. The molecule has 0 radical (unpaired) electrons. The van der Waals surface area contributed by atoms with E-state index in [1.165, 1.54) is 0 Å². The van der Waals surface area contributed by atoms with Crippen LogP contribution in [-0.4, -0.2) is 56.9 Å². The van der Waals surface area contributed by atoms with E-state index < -0.39 is 0 Å². The van der Waals surface area contributed by atoms with E-state index in [0.29, 0.717) is 31.1 Å². The first kappa shape index (κ1) is 17.5. The van der Waals surface area contributed by atoms with E-state index in [0.717, 1.165) is 34.0 Å². The zero-order valence-corrected chi connectivity index (χ0v) is 16.1. The highest BCUT2D eigenvalue weighted by molar-refractivity contribution is 7.18. The first-order chi connectivity index (χ1) is 12.5. The molecule has 0 aliphatic carbocycles. The van der Waals surface area contributed by atoms with Gasteiger partial charge < -0.3 is 15.0 Å². The number of aryl methyl sites for hydroxylation is 2. The molecule has 0 saturated carbocycles. The van der Waals surface area contributed by atoms with Crippen molar-refractivity contribution in [3.63, 3.8) is 0 Å². The highest BCUT2D eigenvalue weighted by atomic mass is 35.5. The number of hydrogen-bond acceptors (Lipinski definition) is 6. The molecule has 1 aliphatic heterocycles.